The number of nitrogens with two attached hydrogens (primary N) is 1. The zero-order valence-corrected chi connectivity index (χ0v) is 10.4. The van der Waals surface area contributed by atoms with E-state index in [0.29, 0.717) is 16.5 Å². The smallest absolute Gasteiger partial charge is 0.267 e. The molecule has 0 spiro atoms. The average molecular weight is 263 g/mol. The molecule has 4 nitrogen and oxygen atoms in total. The normalized spacial score (nSPS) is 10.1. The molecular formula is C13H11ClN2O2. The van der Waals surface area contributed by atoms with Gasteiger partial charge in [0, 0.05) is 12.3 Å². The van der Waals surface area contributed by atoms with Gasteiger partial charge in [-0.05, 0) is 30.7 Å². The van der Waals surface area contributed by atoms with Crippen molar-refractivity contribution in [2.24, 2.45) is 5.73 Å². The van der Waals surface area contributed by atoms with Crippen LogP contribution < -0.4 is 10.5 Å². The monoisotopic (exact) mass is 262 g/mol. The lowest BCUT2D eigenvalue weighted by molar-refractivity contribution is 0.0995. The zero-order valence-electron chi connectivity index (χ0n) is 9.68. The number of pyridine rings is 1. The summed E-state index contributed by atoms with van der Waals surface area (Å²) in [5.74, 6) is 0.379. The van der Waals surface area contributed by atoms with Crippen LogP contribution in [0.4, 0.5) is 0 Å². The number of ether oxygens (including phenoxy) is 1. The Kier molecular flexibility index (Phi) is 3.48. The molecule has 0 fully saturated rings. The molecule has 2 N–H and O–H groups in total. The molecule has 0 atom stereocenters. The number of aryl methyl sites for hydroxylation is 1. The molecule has 5 heteroatoms. The van der Waals surface area contributed by atoms with E-state index >= 15 is 0 Å². The van der Waals surface area contributed by atoms with Crippen molar-refractivity contribution in [2.45, 2.75) is 6.92 Å². The van der Waals surface area contributed by atoms with Gasteiger partial charge in [0.2, 0.25) is 0 Å². The molecule has 0 unspecified atom stereocenters. The van der Waals surface area contributed by atoms with Crippen LogP contribution in [0.2, 0.25) is 5.02 Å². The van der Waals surface area contributed by atoms with Gasteiger partial charge in [-0.15, -0.1) is 0 Å². The first-order chi connectivity index (χ1) is 8.56. The van der Waals surface area contributed by atoms with Gasteiger partial charge in [0.05, 0.1) is 5.02 Å². The van der Waals surface area contributed by atoms with Crippen LogP contribution in [0.3, 0.4) is 0 Å². The number of halogens is 1. The fourth-order valence-corrected chi connectivity index (χ4v) is 1.70. The van der Waals surface area contributed by atoms with Gasteiger partial charge in [-0.2, -0.15) is 0 Å². The summed E-state index contributed by atoms with van der Waals surface area (Å²) in [6, 6.07) is 8.55. The Bertz CT molecular complexity index is 599. The maximum Gasteiger partial charge on any atom is 0.267 e. The van der Waals surface area contributed by atoms with E-state index in [1.54, 1.807) is 18.2 Å². The molecule has 1 heterocycles. The van der Waals surface area contributed by atoms with E-state index in [0.717, 1.165) is 5.56 Å². The Morgan fingerprint density at radius 2 is 2.11 bits per heavy atom. The Balaban J connectivity index is 2.28. The van der Waals surface area contributed by atoms with Gasteiger partial charge in [0.15, 0.2) is 0 Å². The lowest BCUT2D eigenvalue weighted by atomic mass is 10.2. The second kappa shape index (κ2) is 5.06. The summed E-state index contributed by atoms with van der Waals surface area (Å²) in [6.45, 7) is 1.94. The summed E-state index contributed by atoms with van der Waals surface area (Å²) in [6.07, 6.45) is 1.46. The highest BCUT2D eigenvalue weighted by Crippen LogP contribution is 2.29. The van der Waals surface area contributed by atoms with Crippen LogP contribution in [0.15, 0.2) is 36.5 Å². The molecule has 2 aromatic rings. The molecule has 0 bridgehead atoms. The summed E-state index contributed by atoms with van der Waals surface area (Å²) in [4.78, 5) is 14.8. The van der Waals surface area contributed by atoms with Gasteiger partial charge in [0.25, 0.3) is 5.91 Å². The van der Waals surface area contributed by atoms with Crippen molar-refractivity contribution in [1.29, 1.82) is 0 Å². The molecular weight excluding hydrogens is 252 g/mol. The highest BCUT2D eigenvalue weighted by molar-refractivity contribution is 6.32. The van der Waals surface area contributed by atoms with Crippen molar-refractivity contribution < 1.29 is 9.53 Å². The van der Waals surface area contributed by atoms with E-state index in [1.807, 2.05) is 13.0 Å². The minimum atomic E-state index is -0.601. The van der Waals surface area contributed by atoms with Crippen LogP contribution in [0.5, 0.6) is 11.5 Å². The molecule has 0 aliphatic heterocycles. The number of hydrogen-bond acceptors (Lipinski definition) is 3. The second-order valence-electron chi connectivity index (χ2n) is 3.78. The number of carbonyl (C=O) groups excluding carboxylic acids is 1. The van der Waals surface area contributed by atoms with Crippen LogP contribution in [0.25, 0.3) is 0 Å². The highest BCUT2D eigenvalue weighted by atomic mass is 35.5. The molecule has 0 saturated heterocycles. The molecule has 1 aromatic carbocycles. The number of aromatic nitrogens is 1. The summed E-state index contributed by atoms with van der Waals surface area (Å²) in [7, 11) is 0. The second-order valence-corrected chi connectivity index (χ2v) is 4.18. The Morgan fingerprint density at radius 3 is 2.78 bits per heavy atom. The van der Waals surface area contributed by atoms with Crippen molar-refractivity contribution in [3.63, 3.8) is 0 Å². The molecule has 2 rings (SSSR count). The fourth-order valence-electron chi connectivity index (χ4n) is 1.43. The standard InChI is InChI=1S/C13H11ClN2O2/c1-8-2-3-12(10(14)6-8)18-9-4-5-16-11(7-9)13(15)17/h2-7H,1H3,(H2,15,17). The average Bonchev–Trinajstić information content (AvgIpc) is 2.33. The summed E-state index contributed by atoms with van der Waals surface area (Å²) >= 11 is 6.05. The molecule has 0 saturated carbocycles. The van der Waals surface area contributed by atoms with E-state index in [1.165, 1.54) is 12.3 Å². The molecule has 92 valence electrons. The molecule has 18 heavy (non-hydrogen) atoms. The molecule has 0 aliphatic carbocycles. The van der Waals surface area contributed by atoms with Crippen LogP contribution in [0, 0.1) is 6.92 Å². The van der Waals surface area contributed by atoms with Gasteiger partial charge >= 0.3 is 0 Å². The van der Waals surface area contributed by atoms with E-state index in [-0.39, 0.29) is 5.69 Å². The van der Waals surface area contributed by atoms with Crippen molar-refractivity contribution in [3.05, 3.63) is 52.8 Å². The third-order valence-corrected chi connectivity index (χ3v) is 2.59. The maximum absolute atomic E-state index is 11.0. The summed E-state index contributed by atoms with van der Waals surface area (Å²) in [5.41, 5.74) is 6.33. The lowest BCUT2D eigenvalue weighted by Crippen LogP contribution is -2.12. The zero-order chi connectivity index (χ0) is 13.1. The first kappa shape index (κ1) is 12.4. The SMILES string of the molecule is Cc1ccc(Oc2ccnc(C(N)=O)c2)c(Cl)c1. The van der Waals surface area contributed by atoms with Crippen molar-refractivity contribution in [2.75, 3.05) is 0 Å². The molecule has 1 aromatic heterocycles. The fraction of sp³-hybridized carbons (Fsp3) is 0.0769. The van der Waals surface area contributed by atoms with Gasteiger partial charge < -0.3 is 10.5 Å². The summed E-state index contributed by atoms with van der Waals surface area (Å²) < 4.78 is 5.58. The number of amides is 1. The van der Waals surface area contributed by atoms with E-state index < -0.39 is 5.91 Å². The van der Waals surface area contributed by atoms with E-state index in [2.05, 4.69) is 4.98 Å². The van der Waals surface area contributed by atoms with Crippen molar-refractivity contribution >= 4 is 17.5 Å². The molecule has 0 aliphatic rings. The van der Waals surface area contributed by atoms with Crippen molar-refractivity contribution in [3.8, 4) is 11.5 Å². The Labute approximate surface area is 109 Å². The molecule has 1 amide bonds. The van der Waals surface area contributed by atoms with Gasteiger partial charge in [-0.3, -0.25) is 9.78 Å². The lowest BCUT2D eigenvalue weighted by Gasteiger charge is -2.08. The largest absolute Gasteiger partial charge is 0.456 e. The highest BCUT2D eigenvalue weighted by Gasteiger charge is 2.06. The van der Waals surface area contributed by atoms with Crippen LogP contribution in [0.1, 0.15) is 16.1 Å². The third-order valence-electron chi connectivity index (χ3n) is 2.30. The Hall–Kier alpha value is -2.07. The van der Waals surface area contributed by atoms with Gasteiger partial charge in [-0.1, -0.05) is 17.7 Å². The third kappa shape index (κ3) is 2.78. The number of benzene rings is 1. The predicted molar refractivity (Wildman–Crippen MR) is 69.0 cm³/mol. The number of primary amides is 1. The molecule has 0 radical (unpaired) electrons. The van der Waals surface area contributed by atoms with Gasteiger partial charge in [-0.25, -0.2) is 0 Å². The van der Waals surface area contributed by atoms with Crippen LogP contribution >= 0.6 is 11.6 Å². The van der Waals surface area contributed by atoms with Crippen LogP contribution in [-0.4, -0.2) is 10.9 Å². The number of rotatable bonds is 3. The van der Waals surface area contributed by atoms with Crippen LogP contribution in [-0.2, 0) is 0 Å². The number of nitrogens with zero attached hydrogens (tertiary/aromatic N) is 1. The first-order valence-corrected chi connectivity index (χ1v) is 5.64. The van der Waals surface area contributed by atoms with Gasteiger partial charge in [0.1, 0.15) is 17.2 Å². The van der Waals surface area contributed by atoms with Crippen molar-refractivity contribution in [1.82, 2.24) is 4.98 Å². The maximum atomic E-state index is 11.0. The first-order valence-electron chi connectivity index (χ1n) is 5.26. The number of carbonyl (C=O) groups is 1. The van der Waals surface area contributed by atoms with E-state index in [4.69, 9.17) is 22.1 Å². The minimum absolute atomic E-state index is 0.149. The Morgan fingerprint density at radius 1 is 1.33 bits per heavy atom. The number of hydrogen-bond donors (Lipinski definition) is 1. The summed E-state index contributed by atoms with van der Waals surface area (Å²) in [5, 5.41) is 0.507. The predicted octanol–water partition coefficient (Wildman–Crippen LogP) is 2.93. The minimum Gasteiger partial charge on any atom is -0.456 e. The van der Waals surface area contributed by atoms with E-state index in [9.17, 15) is 4.79 Å². The topological polar surface area (TPSA) is 65.2 Å². The quantitative estimate of drug-likeness (QED) is 0.925.